The topological polar surface area (TPSA) is 0 Å². The predicted octanol–water partition coefficient (Wildman–Crippen LogP) is 8.71. The van der Waals surface area contributed by atoms with Crippen molar-refractivity contribution in [2.45, 2.75) is 84.0 Å². The molecule has 1 rings (SSSR count). The average Bonchev–Trinajstić information content (AvgIpc) is 2.54. The van der Waals surface area contributed by atoms with E-state index in [2.05, 4.69) is 19.1 Å². The number of rotatable bonds is 13. The predicted molar refractivity (Wildman–Crippen MR) is 107 cm³/mol. The van der Waals surface area contributed by atoms with Gasteiger partial charge >= 0.3 is 0 Å². The lowest BCUT2D eigenvalue weighted by atomic mass is 10.1. The zero-order valence-corrected chi connectivity index (χ0v) is 16.1. The summed E-state index contributed by atoms with van der Waals surface area (Å²) in [4.78, 5) is 0. The van der Waals surface area contributed by atoms with Crippen molar-refractivity contribution in [3.63, 3.8) is 0 Å². The van der Waals surface area contributed by atoms with E-state index in [-0.39, 0.29) is 0 Å². The number of hydrogen-bond donors (Lipinski definition) is 0. The van der Waals surface area contributed by atoms with Gasteiger partial charge in [-0.15, -0.1) is 0 Å². The van der Waals surface area contributed by atoms with Crippen LogP contribution in [0.5, 0.6) is 0 Å². The highest BCUT2D eigenvalue weighted by atomic mass is 35.5. The summed E-state index contributed by atoms with van der Waals surface area (Å²) in [5, 5.41) is 1.46. The Morgan fingerprint density at radius 1 is 0.739 bits per heavy atom. The van der Waals surface area contributed by atoms with E-state index in [1.54, 1.807) is 0 Å². The summed E-state index contributed by atoms with van der Waals surface area (Å²) >= 11 is 12.3. The number of hydrogen-bond acceptors (Lipinski definition) is 0. The highest BCUT2D eigenvalue weighted by Crippen LogP contribution is 2.25. The third kappa shape index (κ3) is 10.1. The van der Waals surface area contributed by atoms with E-state index in [1.165, 1.54) is 70.6 Å². The van der Waals surface area contributed by atoms with Gasteiger partial charge in [0, 0.05) is 15.6 Å². The van der Waals surface area contributed by atoms with E-state index in [0.29, 0.717) is 0 Å². The van der Waals surface area contributed by atoms with Crippen molar-refractivity contribution in [3.8, 4) is 0 Å². The van der Waals surface area contributed by atoms with Crippen molar-refractivity contribution in [2.75, 3.05) is 0 Å². The maximum Gasteiger partial charge on any atom is 0.0493 e. The molecule has 0 aliphatic carbocycles. The highest BCUT2D eigenvalue weighted by molar-refractivity contribution is 6.37. The number of benzene rings is 1. The number of halogens is 2. The van der Waals surface area contributed by atoms with Crippen LogP contribution in [0.25, 0.3) is 6.08 Å². The molecule has 130 valence electrons. The Morgan fingerprint density at radius 2 is 1.22 bits per heavy atom. The molecule has 1 aromatic carbocycles. The second-order valence-corrected chi connectivity index (χ2v) is 7.18. The zero-order valence-electron chi connectivity index (χ0n) is 14.6. The molecule has 1 aromatic rings. The van der Waals surface area contributed by atoms with Crippen molar-refractivity contribution in [2.24, 2.45) is 0 Å². The Labute approximate surface area is 153 Å². The van der Waals surface area contributed by atoms with Gasteiger partial charge in [0.05, 0.1) is 0 Å². The Bertz CT molecular complexity index is 417. The smallest absolute Gasteiger partial charge is 0.0493 e. The second kappa shape index (κ2) is 13.9. The fraction of sp³-hybridized carbons (Fsp3) is 0.619. The molecule has 0 atom stereocenters. The van der Waals surface area contributed by atoms with E-state index in [1.807, 2.05) is 18.2 Å². The van der Waals surface area contributed by atoms with Crippen LogP contribution >= 0.6 is 23.2 Å². The molecule has 0 unspecified atom stereocenters. The fourth-order valence-electron chi connectivity index (χ4n) is 2.80. The molecule has 0 fully saturated rings. The monoisotopic (exact) mass is 354 g/mol. The Hall–Kier alpha value is -0.460. The molecule has 0 bridgehead atoms. The van der Waals surface area contributed by atoms with Crippen molar-refractivity contribution in [3.05, 3.63) is 39.9 Å². The summed E-state index contributed by atoms with van der Waals surface area (Å²) in [6, 6.07) is 5.65. The van der Waals surface area contributed by atoms with Crippen LogP contribution in [0.2, 0.25) is 10.0 Å². The van der Waals surface area contributed by atoms with Gasteiger partial charge in [-0.3, -0.25) is 0 Å². The molecule has 0 amide bonds. The minimum absolute atomic E-state index is 0.729. The molecule has 2 heteroatoms. The lowest BCUT2D eigenvalue weighted by molar-refractivity contribution is 0.550. The van der Waals surface area contributed by atoms with Crippen LogP contribution in [-0.4, -0.2) is 0 Å². The molecule has 0 heterocycles. The highest BCUT2D eigenvalue weighted by Gasteiger charge is 2.00. The number of allylic oxidation sites excluding steroid dienone is 1. The van der Waals surface area contributed by atoms with Gasteiger partial charge in [-0.05, 0) is 25.0 Å². The minimum Gasteiger partial charge on any atom is -0.0838 e. The normalized spacial score (nSPS) is 11.4. The van der Waals surface area contributed by atoms with E-state index in [4.69, 9.17) is 23.2 Å². The van der Waals surface area contributed by atoms with Gasteiger partial charge in [0.2, 0.25) is 0 Å². The lowest BCUT2D eigenvalue weighted by Gasteiger charge is -2.02. The molecule has 0 saturated heterocycles. The van der Waals surface area contributed by atoms with Gasteiger partial charge < -0.3 is 0 Å². The molecular formula is C21H32Cl2. The van der Waals surface area contributed by atoms with Crippen LogP contribution in [-0.2, 0) is 0 Å². The Morgan fingerprint density at radius 3 is 1.74 bits per heavy atom. The Kier molecular flexibility index (Phi) is 12.5. The average molecular weight is 355 g/mol. The van der Waals surface area contributed by atoms with Gasteiger partial charge in [0.25, 0.3) is 0 Å². The molecule has 23 heavy (non-hydrogen) atoms. The first-order chi connectivity index (χ1) is 11.3. The standard InChI is InChI=1S/C21H32Cl2/c1-2-3-4-5-6-7-8-9-10-11-12-13-14-16-19-20(22)17-15-18-21(19)23/h14-18H,2-13H2,1H3/b16-14+. The van der Waals surface area contributed by atoms with Gasteiger partial charge in [-0.1, -0.05) is 113 Å². The molecule has 0 N–H and O–H groups in total. The molecule has 0 nitrogen and oxygen atoms in total. The molecule has 0 aliphatic heterocycles. The largest absolute Gasteiger partial charge is 0.0838 e. The quantitative estimate of drug-likeness (QED) is 0.310. The van der Waals surface area contributed by atoms with E-state index < -0.39 is 0 Å². The zero-order chi connectivity index (χ0) is 16.8. The van der Waals surface area contributed by atoms with Crippen molar-refractivity contribution in [1.29, 1.82) is 0 Å². The van der Waals surface area contributed by atoms with Crippen molar-refractivity contribution >= 4 is 29.3 Å². The van der Waals surface area contributed by atoms with Crippen molar-refractivity contribution < 1.29 is 0 Å². The first kappa shape index (κ1) is 20.6. The van der Waals surface area contributed by atoms with Crippen LogP contribution in [0.15, 0.2) is 24.3 Å². The van der Waals surface area contributed by atoms with Gasteiger partial charge in [0.15, 0.2) is 0 Å². The van der Waals surface area contributed by atoms with Crippen LogP contribution in [0.1, 0.15) is 89.5 Å². The summed E-state index contributed by atoms with van der Waals surface area (Å²) < 4.78 is 0. The minimum atomic E-state index is 0.729. The van der Waals surface area contributed by atoms with Crippen LogP contribution < -0.4 is 0 Å². The van der Waals surface area contributed by atoms with Gasteiger partial charge in [-0.2, -0.15) is 0 Å². The second-order valence-electron chi connectivity index (χ2n) is 6.36. The van der Waals surface area contributed by atoms with Crippen LogP contribution in [0.3, 0.4) is 0 Å². The van der Waals surface area contributed by atoms with E-state index in [0.717, 1.165) is 22.0 Å². The molecular weight excluding hydrogens is 323 g/mol. The van der Waals surface area contributed by atoms with E-state index >= 15 is 0 Å². The van der Waals surface area contributed by atoms with Gasteiger partial charge in [-0.25, -0.2) is 0 Å². The molecule has 0 saturated carbocycles. The summed E-state index contributed by atoms with van der Waals surface area (Å²) in [5.41, 5.74) is 0.943. The lowest BCUT2D eigenvalue weighted by Crippen LogP contribution is -1.82. The summed E-state index contributed by atoms with van der Waals surface area (Å²) in [6.45, 7) is 2.28. The molecule has 0 radical (unpaired) electrons. The number of unbranched alkanes of at least 4 members (excludes halogenated alkanes) is 11. The van der Waals surface area contributed by atoms with Gasteiger partial charge in [0.1, 0.15) is 0 Å². The van der Waals surface area contributed by atoms with E-state index in [9.17, 15) is 0 Å². The SMILES string of the molecule is CCCCCCCCCCCCC/C=C/c1c(Cl)cccc1Cl. The fourth-order valence-corrected chi connectivity index (χ4v) is 3.32. The Balaban J connectivity index is 1.96. The summed E-state index contributed by atoms with van der Waals surface area (Å²) in [6.07, 6.45) is 20.6. The first-order valence-electron chi connectivity index (χ1n) is 9.36. The maximum atomic E-state index is 6.14. The van der Waals surface area contributed by atoms with Crippen molar-refractivity contribution in [1.82, 2.24) is 0 Å². The molecule has 0 aromatic heterocycles. The summed E-state index contributed by atoms with van der Waals surface area (Å²) in [7, 11) is 0. The third-order valence-corrected chi connectivity index (χ3v) is 4.92. The first-order valence-corrected chi connectivity index (χ1v) is 10.1. The third-order valence-electron chi connectivity index (χ3n) is 4.26. The summed E-state index contributed by atoms with van der Waals surface area (Å²) in [5.74, 6) is 0. The van der Waals surface area contributed by atoms with Crippen LogP contribution in [0.4, 0.5) is 0 Å². The molecule has 0 aliphatic rings. The maximum absolute atomic E-state index is 6.14. The molecule has 0 spiro atoms. The van der Waals surface area contributed by atoms with Crippen LogP contribution in [0, 0.1) is 0 Å².